The first-order chi connectivity index (χ1) is 14.7. The molecule has 1 N–H and O–H groups in total. The number of carbonyl (C=O) groups excluding carboxylic acids is 4. The normalized spacial score (nSPS) is 20.2. The number of hydrogen-bond donors (Lipinski definition) is 1. The maximum atomic E-state index is 13.1. The van der Waals surface area contributed by atoms with Gasteiger partial charge in [-0.3, -0.25) is 19.3 Å². The number of anilines is 1. The Balaban J connectivity index is 1.51. The van der Waals surface area contributed by atoms with E-state index in [1.807, 2.05) is 18.2 Å². The molecular weight excluding hydrogens is 398 g/mol. The lowest BCUT2D eigenvalue weighted by Gasteiger charge is -2.22. The van der Waals surface area contributed by atoms with Gasteiger partial charge in [-0.2, -0.15) is 0 Å². The number of nitrogens with zero attached hydrogens (tertiary/aromatic N) is 2. The van der Waals surface area contributed by atoms with E-state index < -0.39 is 17.5 Å². The Bertz CT molecular complexity index is 1110. The summed E-state index contributed by atoms with van der Waals surface area (Å²) in [6.07, 6.45) is 0.465. The van der Waals surface area contributed by atoms with Crippen LogP contribution in [0.2, 0.25) is 0 Å². The van der Waals surface area contributed by atoms with E-state index in [0.29, 0.717) is 11.3 Å². The lowest BCUT2D eigenvalue weighted by Crippen LogP contribution is -2.46. The van der Waals surface area contributed by atoms with Crippen molar-refractivity contribution in [3.05, 3.63) is 59.2 Å². The molecule has 8 heteroatoms. The predicted molar refractivity (Wildman–Crippen MR) is 113 cm³/mol. The van der Waals surface area contributed by atoms with E-state index in [1.54, 1.807) is 50.2 Å². The lowest BCUT2D eigenvalue weighted by atomic mass is 9.92. The molecule has 0 aliphatic carbocycles. The minimum atomic E-state index is -1.18. The summed E-state index contributed by atoms with van der Waals surface area (Å²) in [5, 5.41) is 2.72. The molecule has 2 heterocycles. The SMILES string of the molecule is COc1ccccc1C[C@@]1(C)NC(=O)N(CC(=O)c2ccc3c(c2)CC(=O)N3C)C1=O. The molecule has 0 bridgehead atoms. The summed E-state index contributed by atoms with van der Waals surface area (Å²) < 4.78 is 5.34. The van der Waals surface area contributed by atoms with Gasteiger partial charge >= 0.3 is 6.03 Å². The Morgan fingerprint density at radius 2 is 1.90 bits per heavy atom. The first-order valence-electron chi connectivity index (χ1n) is 9.92. The van der Waals surface area contributed by atoms with Crippen LogP contribution in [0.25, 0.3) is 0 Å². The van der Waals surface area contributed by atoms with Crippen LogP contribution in [0.3, 0.4) is 0 Å². The number of imide groups is 1. The molecule has 0 spiro atoms. The molecule has 8 nitrogen and oxygen atoms in total. The zero-order valence-electron chi connectivity index (χ0n) is 17.6. The van der Waals surface area contributed by atoms with Crippen LogP contribution in [0.4, 0.5) is 10.5 Å². The number of Topliss-reactive ketones (excluding diaryl/α,β-unsaturated/α-hetero) is 1. The highest BCUT2D eigenvalue weighted by molar-refractivity contribution is 6.11. The standard InChI is InChI=1S/C23H23N3O5/c1-23(12-15-6-4-5-7-19(15)31-3)21(29)26(22(30)24-23)13-18(27)14-8-9-17-16(10-14)11-20(28)25(17)2/h4-10H,11-13H2,1-3H3,(H,24,30)/t23-/m1/s1. The van der Waals surface area contributed by atoms with E-state index in [2.05, 4.69) is 5.32 Å². The van der Waals surface area contributed by atoms with Gasteiger partial charge in [0, 0.05) is 24.7 Å². The van der Waals surface area contributed by atoms with Crippen LogP contribution < -0.4 is 15.0 Å². The number of para-hydroxylation sites is 1. The highest BCUT2D eigenvalue weighted by atomic mass is 16.5. The van der Waals surface area contributed by atoms with Crippen molar-refractivity contribution >= 4 is 29.3 Å². The summed E-state index contributed by atoms with van der Waals surface area (Å²) >= 11 is 0. The number of nitrogens with one attached hydrogen (secondary N) is 1. The van der Waals surface area contributed by atoms with Gasteiger partial charge < -0.3 is 15.0 Å². The Morgan fingerprint density at radius 3 is 2.65 bits per heavy atom. The lowest BCUT2D eigenvalue weighted by molar-refractivity contribution is -0.130. The number of benzene rings is 2. The van der Waals surface area contributed by atoms with Crippen LogP contribution in [-0.2, 0) is 22.4 Å². The van der Waals surface area contributed by atoms with Crippen molar-refractivity contribution in [2.24, 2.45) is 0 Å². The Kier molecular flexibility index (Phi) is 5.00. The molecule has 0 unspecified atom stereocenters. The van der Waals surface area contributed by atoms with E-state index >= 15 is 0 Å². The largest absolute Gasteiger partial charge is 0.496 e. The van der Waals surface area contributed by atoms with E-state index in [-0.39, 0.29) is 31.1 Å². The van der Waals surface area contributed by atoms with Crippen LogP contribution in [0.1, 0.15) is 28.4 Å². The van der Waals surface area contributed by atoms with Crippen LogP contribution in [-0.4, -0.2) is 54.8 Å². The quantitative estimate of drug-likeness (QED) is 0.568. The molecule has 2 aromatic rings. The summed E-state index contributed by atoms with van der Waals surface area (Å²) in [5.74, 6) is -0.249. The zero-order chi connectivity index (χ0) is 22.3. The van der Waals surface area contributed by atoms with Crippen LogP contribution >= 0.6 is 0 Å². The first kappa shape index (κ1) is 20.6. The third kappa shape index (κ3) is 3.54. The van der Waals surface area contributed by atoms with Gasteiger partial charge in [-0.05, 0) is 42.3 Å². The number of urea groups is 1. The van der Waals surface area contributed by atoms with Gasteiger partial charge in [-0.25, -0.2) is 4.79 Å². The Morgan fingerprint density at radius 1 is 1.16 bits per heavy atom. The fourth-order valence-electron chi connectivity index (χ4n) is 4.12. The maximum Gasteiger partial charge on any atom is 0.325 e. The fourth-order valence-corrected chi connectivity index (χ4v) is 4.12. The minimum absolute atomic E-state index is 0.0409. The van der Waals surface area contributed by atoms with Crippen molar-refractivity contribution in [2.45, 2.75) is 25.3 Å². The van der Waals surface area contributed by atoms with Crippen molar-refractivity contribution in [3.63, 3.8) is 0 Å². The fraction of sp³-hybridized carbons (Fsp3) is 0.304. The molecule has 1 saturated heterocycles. The van der Waals surface area contributed by atoms with Crippen LogP contribution in [0, 0.1) is 0 Å². The van der Waals surface area contributed by atoms with Crippen molar-refractivity contribution < 1.29 is 23.9 Å². The first-order valence-corrected chi connectivity index (χ1v) is 9.92. The third-order valence-corrected chi connectivity index (χ3v) is 5.86. The van der Waals surface area contributed by atoms with Crippen LogP contribution in [0.5, 0.6) is 5.75 Å². The van der Waals surface area contributed by atoms with Gasteiger partial charge in [0.15, 0.2) is 5.78 Å². The molecule has 160 valence electrons. The topological polar surface area (TPSA) is 96.0 Å². The molecule has 31 heavy (non-hydrogen) atoms. The molecule has 2 aliphatic heterocycles. The number of ketones is 1. The number of rotatable bonds is 6. The van der Waals surface area contributed by atoms with Gasteiger partial charge in [-0.1, -0.05) is 18.2 Å². The van der Waals surface area contributed by atoms with Crippen LogP contribution in [0.15, 0.2) is 42.5 Å². The second-order valence-electron chi connectivity index (χ2n) is 8.04. The molecular formula is C23H23N3O5. The zero-order valence-corrected chi connectivity index (χ0v) is 17.6. The number of likely N-dealkylation sites (N-methyl/N-ethyl adjacent to an activating group) is 1. The smallest absolute Gasteiger partial charge is 0.325 e. The summed E-state index contributed by atoms with van der Waals surface area (Å²) in [6.45, 7) is 1.27. The van der Waals surface area contributed by atoms with Crippen molar-refractivity contribution in [1.29, 1.82) is 0 Å². The number of hydrogen-bond acceptors (Lipinski definition) is 5. The van der Waals surface area contributed by atoms with E-state index in [9.17, 15) is 19.2 Å². The number of fused-ring (bicyclic) bond motifs is 1. The molecule has 1 fully saturated rings. The molecule has 2 aliphatic rings. The number of amides is 4. The van der Waals surface area contributed by atoms with Crippen molar-refractivity contribution in [2.75, 3.05) is 25.6 Å². The number of ether oxygens (including phenoxy) is 1. The average Bonchev–Trinajstić information content (AvgIpc) is 3.14. The molecule has 0 saturated carbocycles. The van der Waals surface area contributed by atoms with Crippen molar-refractivity contribution in [1.82, 2.24) is 10.2 Å². The summed E-state index contributed by atoms with van der Waals surface area (Å²) in [7, 11) is 3.23. The summed E-state index contributed by atoms with van der Waals surface area (Å²) in [4.78, 5) is 52.8. The minimum Gasteiger partial charge on any atom is -0.496 e. The van der Waals surface area contributed by atoms with E-state index in [1.165, 1.54) is 0 Å². The second-order valence-corrected chi connectivity index (χ2v) is 8.04. The second kappa shape index (κ2) is 7.54. The summed E-state index contributed by atoms with van der Waals surface area (Å²) in [6, 6.07) is 11.7. The number of methoxy groups -OCH3 is 1. The maximum absolute atomic E-state index is 13.1. The average molecular weight is 421 g/mol. The van der Waals surface area contributed by atoms with Gasteiger partial charge in [0.2, 0.25) is 5.91 Å². The Labute approximate surface area is 179 Å². The third-order valence-electron chi connectivity index (χ3n) is 5.86. The van der Waals surface area contributed by atoms with Gasteiger partial charge in [-0.15, -0.1) is 0 Å². The molecule has 0 aromatic heterocycles. The van der Waals surface area contributed by atoms with E-state index in [0.717, 1.165) is 21.7 Å². The Hall–Kier alpha value is -3.68. The molecule has 4 rings (SSSR count). The van der Waals surface area contributed by atoms with Gasteiger partial charge in [0.1, 0.15) is 11.3 Å². The predicted octanol–water partition coefficient (Wildman–Crippen LogP) is 1.95. The number of carbonyl (C=O) groups is 4. The van der Waals surface area contributed by atoms with E-state index in [4.69, 9.17) is 4.74 Å². The van der Waals surface area contributed by atoms with Gasteiger partial charge in [0.05, 0.1) is 20.1 Å². The summed E-state index contributed by atoms with van der Waals surface area (Å²) in [5.41, 5.74) is 1.49. The molecule has 1 atom stereocenters. The highest BCUT2D eigenvalue weighted by Crippen LogP contribution is 2.30. The molecule has 4 amide bonds. The monoisotopic (exact) mass is 421 g/mol. The molecule has 2 aromatic carbocycles. The molecule has 0 radical (unpaired) electrons. The van der Waals surface area contributed by atoms with Gasteiger partial charge in [0.25, 0.3) is 5.91 Å². The highest BCUT2D eigenvalue weighted by Gasteiger charge is 2.48. The van der Waals surface area contributed by atoms with Crippen molar-refractivity contribution in [3.8, 4) is 5.75 Å².